The third kappa shape index (κ3) is 2.39. The topological polar surface area (TPSA) is 12.5 Å². The van der Waals surface area contributed by atoms with Gasteiger partial charge in [-0.25, -0.2) is 4.39 Å². The Morgan fingerprint density at radius 1 is 1.23 bits per heavy atom. The maximum absolute atomic E-state index is 13.5. The van der Waals surface area contributed by atoms with Crippen LogP contribution in [0.5, 0.6) is 0 Å². The van der Waals surface area contributed by atoms with Crippen molar-refractivity contribution in [1.29, 1.82) is 0 Å². The number of fused-ring (bicyclic) bond motifs is 1. The molecule has 0 radical (unpaired) electrons. The lowest BCUT2D eigenvalue weighted by molar-refractivity contribution is -0.182. The number of benzene rings is 1. The van der Waals surface area contributed by atoms with Gasteiger partial charge in [0.15, 0.2) is 0 Å². The van der Waals surface area contributed by atoms with E-state index in [1.807, 2.05) is 13.0 Å². The Balaban J connectivity index is 1.99. The van der Waals surface area contributed by atoms with Gasteiger partial charge in [0.1, 0.15) is 5.82 Å². The summed E-state index contributed by atoms with van der Waals surface area (Å²) in [6.07, 6.45) is 2.20. The minimum Gasteiger partial charge on any atom is -0.293 e. The Morgan fingerprint density at radius 2 is 1.91 bits per heavy atom. The third-order valence-corrected chi connectivity index (χ3v) is 5.97. The first-order valence-corrected chi connectivity index (χ1v) is 8.33. The normalized spacial score (nSPS) is 38.0. The van der Waals surface area contributed by atoms with Crippen molar-refractivity contribution in [3.8, 4) is 0 Å². The van der Waals surface area contributed by atoms with Crippen molar-refractivity contribution in [2.45, 2.75) is 64.5 Å². The van der Waals surface area contributed by atoms with Crippen molar-refractivity contribution in [3.63, 3.8) is 0 Å². The molecule has 122 valence electrons. The number of hydroxylamine groups is 2. The van der Waals surface area contributed by atoms with E-state index in [4.69, 9.17) is 4.84 Å². The fraction of sp³-hybridized carbons (Fsp3) is 0.684. The van der Waals surface area contributed by atoms with Crippen molar-refractivity contribution >= 4 is 0 Å². The summed E-state index contributed by atoms with van der Waals surface area (Å²) in [5, 5.41) is 2.08. The molecular formula is C19H28FNO. The number of rotatable bonds is 1. The van der Waals surface area contributed by atoms with Crippen LogP contribution in [0.15, 0.2) is 18.2 Å². The Bertz CT molecular complexity index is 585. The number of nitrogens with zero attached hydrogens (tertiary/aromatic N) is 1. The van der Waals surface area contributed by atoms with E-state index in [2.05, 4.69) is 39.8 Å². The first-order chi connectivity index (χ1) is 10.1. The fourth-order valence-corrected chi connectivity index (χ4v) is 5.21. The van der Waals surface area contributed by atoms with Crippen LogP contribution in [-0.2, 0) is 10.3 Å². The summed E-state index contributed by atoms with van der Waals surface area (Å²) in [5.74, 6) is 0.909. The van der Waals surface area contributed by atoms with Gasteiger partial charge in [0.25, 0.3) is 0 Å². The largest absolute Gasteiger partial charge is 0.293 e. The number of hydrogen-bond donors (Lipinski definition) is 0. The van der Waals surface area contributed by atoms with E-state index in [1.54, 1.807) is 12.1 Å². The third-order valence-electron chi connectivity index (χ3n) is 5.97. The molecule has 0 unspecified atom stereocenters. The van der Waals surface area contributed by atoms with Gasteiger partial charge in [-0.2, -0.15) is 5.06 Å². The second kappa shape index (κ2) is 5.04. The molecule has 1 saturated carbocycles. The zero-order chi connectivity index (χ0) is 16.3. The number of hydrogen-bond acceptors (Lipinski definition) is 2. The van der Waals surface area contributed by atoms with Gasteiger partial charge in [0.2, 0.25) is 0 Å². The second-order valence-corrected chi connectivity index (χ2v) is 8.24. The minimum absolute atomic E-state index is 0.0875. The first kappa shape index (κ1) is 15.9. The standard InChI is InChI=1S/C19H28FNO/c1-12-9-14(20)7-8-15(12)19(5)10-13(2)17-16(11-19)18(3,4)22-21(17)6/h7-9,13,16-17H,10-11H2,1-6H3/t13-,16+,17+,19+/m0/s1. The Labute approximate surface area is 133 Å². The molecule has 1 aliphatic heterocycles. The van der Waals surface area contributed by atoms with Crippen LogP contribution in [0.2, 0.25) is 0 Å². The van der Waals surface area contributed by atoms with E-state index < -0.39 is 0 Å². The molecule has 2 nitrogen and oxygen atoms in total. The molecule has 1 aromatic carbocycles. The van der Waals surface area contributed by atoms with Gasteiger partial charge < -0.3 is 0 Å². The molecule has 1 aliphatic carbocycles. The summed E-state index contributed by atoms with van der Waals surface area (Å²) < 4.78 is 13.5. The molecular weight excluding hydrogens is 277 g/mol. The average Bonchev–Trinajstić information content (AvgIpc) is 2.58. The van der Waals surface area contributed by atoms with Crippen molar-refractivity contribution in [3.05, 3.63) is 35.1 Å². The Hall–Kier alpha value is -0.930. The molecule has 2 aliphatic rings. The monoisotopic (exact) mass is 305 g/mol. The van der Waals surface area contributed by atoms with E-state index in [-0.39, 0.29) is 16.8 Å². The molecule has 22 heavy (non-hydrogen) atoms. The van der Waals surface area contributed by atoms with E-state index >= 15 is 0 Å². The van der Waals surface area contributed by atoms with Crippen LogP contribution in [0, 0.1) is 24.6 Å². The summed E-state index contributed by atoms with van der Waals surface area (Å²) in [4.78, 5) is 6.12. The highest BCUT2D eigenvalue weighted by Crippen LogP contribution is 2.53. The van der Waals surface area contributed by atoms with Gasteiger partial charge in [-0.15, -0.1) is 0 Å². The highest BCUT2D eigenvalue weighted by Gasteiger charge is 2.55. The van der Waals surface area contributed by atoms with Crippen molar-refractivity contribution in [2.24, 2.45) is 11.8 Å². The fourth-order valence-electron chi connectivity index (χ4n) is 5.21. The van der Waals surface area contributed by atoms with Gasteiger partial charge in [0.05, 0.1) is 5.60 Å². The molecule has 0 amide bonds. The molecule has 4 atom stereocenters. The van der Waals surface area contributed by atoms with Gasteiger partial charge >= 0.3 is 0 Å². The predicted molar refractivity (Wildman–Crippen MR) is 87.1 cm³/mol. The van der Waals surface area contributed by atoms with Gasteiger partial charge in [-0.1, -0.05) is 19.9 Å². The lowest BCUT2D eigenvalue weighted by Crippen LogP contribution is -2.48. The van der Waals surface area contributed by atoms with E-state index in [0.29, 0.717) is 17.9 Å². The zero-order valence-corrected chi connectivity index (χ0v) is 14.6. The van der Waals surface area contributed by atoms with Crippen LogP contribution in [0.25, 0.3) is 0 Å². The van der Waals surface area contributed by atoms with Crippen LogP contribution in [-0.4, -0.2) is 23.8 Å². The average molecular weight is 305 g/mol. The van der Waals surface area contributed by atoms with Crippen LogP contribution < -0.4 is 0 Å². The molecule has 0 bridgehead atoms. The SMILES string of the molecule is Cc1cc(F)ccc1[C@@]1(C)C[C@@H]2[C@@H]([C@@H](C)C1)N(C)OC2(C)C. The molecule has 1 saturated heterocycles. The quantitative estimate of drug-likeness (QED) is 0.759. The Morgan fingerprint density at radius 3 is 2.55 bits per heavy atom. The predicted octanol–water partition coefficient (Wildman–Crippen LogP) is 4.46. The van der Waals surface area contributed by atoms with Crippen molar-refractivity contribution in [1.82, 2.24) is 5.06 Å². The molecule has 0 spiro atoms. The van der Waals surface area contributed by atoms with Crippen LogP contribution >= 0.6 is 0 Å². The highest BCUT2D eigenvalue weighted by atomic mass is 19.1. The summed E-state index contributed by atoms with van der Waals surface area (Å²) in [7, 11) is 2.06. The molecule has 0 N–H and O–H groups in total. The van der Waals surface area contributed by atoms with Gasteiger partial charge in [0, 0.05) is 19.0 Å². The highest BCUT2D eigenvalue weighted by molar-refractivity contribution is 5.35. The lowest BCUT2D eigenvalue weighted by atomic mass is 9.58. The maximum Gasteiger partial charge on any atom is 0.123 e. The summed E-state index contributed by atoms with van der Waals surface area (Å²) in [6.45, 7) is 11.1. The maximum atomic E-state index is 13.5. The second-order valence-electron chi connectivity index (χ2n) is 8.24. The van der Waals surface area contributed by atoms with Crippen molar-refractivity contribution in [2.75, 3.05) is 7.05 Å². The van der Waals surface area contributed by atoms with E-state index in [0.717, 1.165) is 18.4 Å². The summed E-state index contributed by atoms with van der Waals surface area (Å²) in [5.41, 5.74) is 2.32. The lowest BCUT2D eigenvalue weighted by Gasteiger charge is -2.47. The zero-order valence-electron chi connectivity index (χ0n) is 14.6. The van der Waals surface area contributed by atoms with Crippen LogP contribution in [0.3, 0.4) is 0 Å². The van der Waals surface area contributed by atoms with E-state index in [9.17, 15) is 4.39 Å². The number of aryl methyl sites for hydroxylation is 1. The Kier molecular flexibility index (Phi) is 3.65. The minimum atomic E-state index is -0.143. The molecule has 2 fully saturated rings. The molecule has 0 aromatic heterocycles. The van der Waals surface area contributed by atoms with Gasteiger partial charge in [-0.3, -0.25) is 4.84 Å². The van der Waals surface area contributed by atoms with Crippen LogP contribution in [0.1, 0.15) is 51.7 Å². The van der Waals surface area contributed by atoms with Crippen LogP contribution in [0.4, 0.5) is 4.39 Å². The first-order valence-electron chi connectivity index (χ1n) is 8.33. The molecule has 3 heteroatoms. The smallest absolute Gasteiger partial charge is 0.123 e. The number of halogens is 1. The van der Waals surface area contributed by atoms with Crippen molar-refractivity contribution < 1.29 is 9.23 Å². The summed E-state index contributed by atoms with van der Waals surface area (Å²) >= 11 is 0. The molecule has 3 rings (SSSR count). The summed E-state index contributed by atoms with van der Waals surface area (Å²) in [6, 6.07) is 5.74. The molecule has 1 heterocycles. The van der Waals surface area contributed by atoms with Gasteiger partial charge in [-0.05, 0) is 68.2 Å². The molecule has 1 aromatic rings. The van der Waals surface area contributed by atoms with E-state index in [1.165, 1.54) is 5.56 Å².